The highest BCUT2D eigenvalue weighted by atomic mass is 32.2. The van der Waals surface area contributed by atoms with E-state index in [1.807, 2.05) is 13.0 Å². The third-order valence-corrected chi connectivity index (χ3v) is 5.29. The lowest BCUT2D eigenvalue weighted by Crippen LogP contribution is -2.28. The molecule has 158 valence electrons. The Morgan fingerprint density at radius 3 is 2.03 bits per heavy atom. The number of rotatable bonds is 2. The van der Waals surface area contributed by atoms with Crippen LogP contribution in [0.25, 0.3) is 0 Å². The summed E-state index contributed by atoms with van der Waals surface area (Å²) in [4.78, 5) is 0. The maximum Gasteiger partial charge on any atom is 0.534 e. The summed E-state index contributed by atoms with van der Waals surface area (Å²) in [6.07, 6.45) is 1.11. The van der Waals surface area contributed by atoms with Crippen molar-refractivity contribution in [1.82, 2.24) is 0 Å². The van der Waals surface area contributed by atoms with Crippen molar-refractivity contribution in [2.75, 3.05) is 0 Å². The summed E-state index contributed by atoms with van der Waals surface area (Å²) >= 11 is 0. The second kappa shape index (κ2) is 7.66. The van der Waals surface area contributed by atoms with Gasteiger partial charge in [0, 0.05) is 24.0 Å². The molecule has 0 aliphatic carbocycles. The van der Waals surface area contributed by atoms with Crippen LogP contribution < -0.4 is 13.7 Å². The second-order valence-electron chi connectivity index (χ2n) is 6.74. The van der Waals surface area contributed by atoms with Gasteiger partial charge in [-0.05, 0) is 38.1 Å². The van der Waals surface area contributed by atoms with Crippen molar-refractivity contribution in [2.24, 2.45) is 0 Å². The summed E-state index contributed by atoms with van der Waals surface area (Å²) in [5.74, 6) is 1.19. The van der Waals surface area contributed by atoms with Gasteiger partial charge in [0.15, 0.2) is 0 Å². The van der Waals surface area contributed by atoms with E-state index in [1.54, 1.807) is 25.1 Å². The molecule has 1 N–H and O–H groups in total. The molecule has 0 amide bonds. The fraction of sp³-hybridized carbons (Fsp3) is 0.368. The van der Waals surface area contributed by atoms with Crippen LogP contribution in [0.4, 0.5) is 13.2 Å². The third kappa shape index (κ3) is 4.52. The van der Waals surface area contributed by atoms with Crippen LogP contribution in [-0.2, 0) is 23.0 Å². The topological polar surface area (TPSA) is 82.1 Å². The zero-order chi connectivity index (χ0) is 21.4. The first kappa shape index (κ1) is 21.1. The molecule has 6 nitrogen and oxygen atoms in total. The number of hydrogen-bond donors (Lipinski definition) is 1. The Hall–Kier alpha value is -2.62. The van der Waals surface area contributed by atoms with Crippen molar-refractivity contribution in [3.8, 4) is 23.0 Å². The van der Waals surface area contributed by atoms with Gasteiger partial charge < -0.3 is 18.8 Å². The van der Waals surface area contributed by atoms with E-state index >= 15 is 0 Å². The van der Waals surface area contributed by atoms with Crippen molar-refractivity contribution < 1.29 is 40.4 Å². The molecule has 2 atom stereocenters. The molecule has 10 heteroatoms. The zero-order valence-electron chi connectivity index (χ0n) is 15.6. The van der Waals surface area contributed by atoms with Crippen molar-refractivity contribution in [1.29, 1.82) is 0 Å². The largest absolute Gasteiger partial charge is 0.534 e. The van der Waals surface area contributed by atoms with Gasteiger partial charge in [-0.1, -0.05) is 12.1 Å². The van der Waals surface area contributed by atoms with E-state index in [2.05, 4.69) is 4.18 Å². The summed E-state index contributed by atoms with van der Waals surface area (Å²) in [6, 6.07) is 9.47. The minimum Gasteiger partial charge on any atom is -0.508 e. The lowest BCUT2D eigenvalue weighted by atomic mass is 10.1. The average Bonchev–Trinajstić information content (AvgIpc) is 3.17. The maximum atomic E-state index is 12.2. The van der Waals surface area contributed by atoms with Gasteiger partial charge >= 0.3 is 15.6 Å². The molecular formula is C19H19F3O6S. The van der Waals surface area contributed by atoms with Gasteiger partial charge in [-0.3, -0.25) is 0 Å². The van der Waals surface area contributed by atoms with Crippen LogP contribution in [0.2, 0.25) is 0 Å². The highest BCUT2D eigenvalue weighted by molar-refractivity contribution is 7.88. The van der Waals surface area contributed by atoms with Gasteiger partial charge in [0.2, 0.25) is 0 Å². The fourth-order valence-corrected chi connectivity index (χ4v) is 3.55. The molecule has 0 saturated carbocycles. The molecular weight excluding hydrogens is 413 g/mol. The molecule has 29 heavy (non-hydrogen) atoms. The van der Waals surface area contributed by atoms with Crippen molar-refractivity contribution in [3.63, 3.8) is 0 Å². The number of benzene rings is 2. The zero-order valence-corrected chi connectivity index (χ0v) is 16.4. The first-order valence-corrected chi connectivity index (χ1v) is 10.2. The average molecular weight is 432 g/mol. The van der Waals surface area contributed by atoms with E-state index in [4.69, 9.17) is 9.47 Å². The summed E-state index contributed by atoms with van der Waals surface area (Å²) in [5, 5.41) is 9.37. The smallest absolute Gasteiger partial charge is 0.508 e. The van der Waals surface area contributed by atoms with Crippen molar-refractivity contribution in [2.45, 2.75) is 44.4 Å². The van der Waals surface area contributed by atoms with E-state index in [1.165, 1.54) is 12.1 Å². The number of halogens is 3. The molecule has 2 unspecified atom stereocenters. The second-order valence-corrected chi connectivity index (χ2v) is 8.27. The van der Waals surface area contributed by atoms with E-state index in [9.17, 15) is 26.7 Å². The number of hydrogen-bond acceptors (Lipinski definition) is 6. The number of alkyl halides is 3. The molecule has 2 heterocycles. The first-order valence-electron chi connectivity index (χ1n) is 8.74. The van der Waals surface area contributed by atoms with Crippen LogP contribution in [0, 0.1) is 0 Å². The molecule has 2 aromatic rings. The minimum atomic E-state index is -5.65. The lowest BCUT2D eigenvalue weighted by Gasteiger charge is -2.11. The molecule has 0 aromatic heterocycles. The standard InChI is InChI=1S/C10H9F3O4S.C9H10O2/c1-6-5-7-8(16-6)3-2-4-9(7)17-18(14,15)10(11,12)13;1-6-5-7-8(10)3-2-4-9(7)11-6/h2-4,6H,5H2,1H3;2-4,6,10H,5H2,1H3. The van der Waals surface area contributed by atoms with E-state index < -0.39 is 15.6 Å². The Morgan fingerprint density at radius 2 is 1.48 bits per heavy atom. The Kier molecular flexibility index (Phi) is 5.57. The normalized spacial score (nSPS) is 19.9. The fourth-order valence-electron chi connectivity index (χ4n) is 3.06. The summed E-state index contributed by atoms with van der Waals surface area (Å²) < 4.78 is 73.3. The first-order chi connectivity index (χ1) is 13.5. The van der Waals surface area contributed by atoms with Gasteiger partial charge in [0.1, 0.15) is 35.2 Å². The molecule has 0 fully saturated rings. The summed E-state index contributed by atoms with van der Waals surface area (Å²) in [5.41, 5.74) is -4.17. The van der Waals surface area contributed by atoms with Gasteiger partial charge in [0.25, 0.3) is 0 Å². The van der Waals surface area contributed by atoms with Crippen LogP contribution in [0.3, 0.4) is 0 Å². The Labute approximate surface area is 166 Å². The van der Waals surface area contributed by atoms with Crippen molar-refractivity contribution in [3.05, 3.63) is 47.5 Å². The number of phenols is 1. The molecule has 2 aliphatic rings. The van der Waals surface area contributed by atoms with Gasteiger partial charge in [0.05, 0.1) is 0 Å². The summed E-state index contributed by atoms with van der Waals surface area (Å²) in [7, 11) is -5.65. The Morgan fingerprint density at radius 1 is 0.966 bits per heavy atom. The van der Waals surface area contributed by atoms with Crippen molar-refractivity contribution >= 4 is 10.1 Å². The quantitative estimate of drug-likeness (QED) is 0.572. The van der Waals surface area contributed by atoms with E-state index in [-0.39, 0.29) is 18.0 Å². The molecule has 0 spiro atoms. The van der Waals surface area contributed by atoms with Crippen LogP contribution in [0.1, 0.15) is 25.0 Å². The third-order valence-electron chi connectivity index (χ3n) is 4.32. The van der Waals surface area contributed by atoms with Gasteiger partial charge in [-0.15, -0.1) is 0 Å². The van der Waals surface area contributed by atoms with Gasteiger partial charge in [-0.2, -0.15) is 21.6 Å². The number of fused-ring (bicyclic) bond motifs is 2. The number of aromatic hydroxyl groups is 1. The van der Waals surface area contributed by atoms with E-state index in [0.717, 1.165) is 17.7 Å². The predicted molar refractivity (Wildman–Crippen MR) is 97.7 cm³/mol. The molecule has 2 aromatic carbocycles. The van der Waals surface area contributed by atoms with E-state index in [0.29, 0.717) is 23.5 Å². The van der Waals surface area contributed by atoms with Crippen LogP contribution in [-0.4, -0.2) is 31.2 Å². The highest BCUT2D eigenvalue weighted by Gasteiger charge is 2.49. The van der Waals surface area contributed by atoms with Crippen LogP contribution in [0.5, 0.6) is 23.0 Å². The maximum absolute atomic E-state index is 12.2. The van der Waals surface area contributed by atoms with Crippen LogP contribution in [0.15, 0.2) is 36.4 Å². The molecule has 2 aliphatic heterocycles. The summed E-state index contributed by atoms with van der Waals surface area (Å²) in [6.45, 7) is 3.72. The number of phenolic OH excluding ortho intramolecular Hbond substituents is 1. The Bertz CT molecular complexity index is 1000. The number of ether oxygens (including phenoxy) is 2. The molecule has 0 saturated heterocycles. The Balaban J connectivity index is 0.000000186. The minimum absolute atomic E-state index is 0.207. The monoisotopic (exact) mass is 432 g/mol. The highest BCUT2D eigenvalue weighted by Crippen LogP contribution is 2.38. The SMILES string of the molecule is CC1Cc2c(O)cccc2O1.CC1Cc2c(cccc2OS(=O)(=O)C(F)(F)F)O1. The lowest BCUT2D eigenvalue weighted by molar-refractivity contribution is -0.0500. The molecule has 4 rings (SSSR count). The van der Waals surface area contributed by atoms with Crippen LogP contribution >= 0.6 is 0 Å². The van der Waals surface area contributed by atoms with Gasteiger partial charge in [-0.25, -0.2) is 0 Å². The molecule has 0 bridgehead atoms. The predicted octanol–water partition coefficient (Wildman–Crippen LogP) is 3.95. The molecule has 0 radical (unpaired) electrons.